The first-order valence-electron chi connectivity index (χ1n) is 19.7. The number of ether oxygens (including phenoxy) is 2. The average molecular weight is 789 g/mol. The van der Waals surface area contributed by atoms with Gasteiger partial charge < -0.3 is 19.3 Å². The summed E-state index contributed by atoms with van der Waals surface area (Å²) in [7, 11) is -3.84. The van der Waals surface area contributed by atoms with Gasteiger partial charge in [-0.3, -0.25) is 0 Å². The SMILES string of the molecule is Cc1cc(S(=O)(=O)c2cc(C)c(-c3ccc(N4c5ccccc5Oc5ccccc54)cc3)cc2C)c(C)cc1-c1ccc(N2c3ccccc3Oc3ccccc32)cc1. The Labute approximate surface area is 345 Å². The highest BCUT2D eigenvalue weighted by Gasteiger charge is 2.28. The highest BCUT2D eigenvalue weighted by atomic mass is 32.2. The summed E-state index contributed by atoms with van der Waals surface area (Å²) in [6.07, 6.45) is 0. The molecule has 0 bridgehead atoms. The van der Waals surface area contributed by atoms with Crippen LogP contribution in [0.5, 0.6) is 23.0 Å². The summed E-state index contributed by atoms with van der Waals surface area (Å²) < 4.78 is 41.4. The van der Waals surface area contributed by atoms with Gasteiger partial charge in [-0.15, -0.1) is 0 Å². The number of para-hydroxylation sites is 8. The van der Waals surface area contributed by atoms with Crippen molar-refractivity contribution < 1.29 is 17.9 Å². The van der Waals surface area contributed by atoms with Crippen molar-refractivity contribution >= 4 is 44.0 Å². The van der Waals surface area contributed by atoms with Gasteiger partial charge in [0, 0.05) is 11.4 Å². The minimum absolute atomic E-state index is 0.322. The third-order valence-corrected chi connectivity index (χ3v) is 13.4. The lowest BCUT2D eigenvalue weighted by atomic mass is 9.97. The van der Waals surface area contributed by atoms with E-state index < -0.39 is 9.84 Å². The van der Waals surface area contributed by atoms with Crippen LogP contribution in [-0.2, 0) is 9.84 Å². The number of sulfone groups is 1. The van der Waals surface area contributed by atoms with Crippen molar-refractivity contribution in [3.05, 3.63) is 192 Å². The fourth-order valence-electron chi connectivity index (χ4n) is 8.44. The van der Waals surface area contributed by atoms with Crippen LogP contribution >= 0.6 is 0 Å². The fourth-order valence-corrected chi connectivity index (χ4v) is 10.3. The summed E-state index contributed by atoms with van der Waals surface area (Å²) in [6.45, 7) is 7.73. The monoisotopic (exact) mass is 788 g/mol. The second kappa shape index (κ2) is 14.1. The van der Waals surface area contributed by atoms with Crippen LogP contribution < -0.4 is 19.3 Å². The van der Waals surface area contributed by atoms with Gasteiger partial charge in [0.2, 0.25) is 9.84 Å². The standard InChI is InChI=1S/C52H40N2O4S/c1-33-31-51(35(3)29-41(33)37-21-25-39(26-22-37)53-43-13-5-9-17-47(43)57-48-18-10-6-14-44(48)53)59(55,56)52-32-34(2)42(30-36(52)4)38-23-27-40(28-24-38)54-45-15-7-11-19-49(45)58-50-20-12-8-16-46(50)54/h5-32H,1-4H3. The third kappa shape index (κ3) is 6.13. The number of anilines is 6. The molecule has 0 N–H and O–H groups in total. The molecule has 6 nitrogen and oxygen atoms in total. The second-order valence-corrected chi connectivity index (χ2v) is 17.1. The zero-order valence-corrected chi connectivity index (χ0v) is 33.9. The first-order chi connectivity index (χ1) is 28.7. The third-order valence-electron chi connectivity index (χ3n) is 11.4. The highest BCUT2D eigenvalue weighted by molar-refractivity contribution is 7.91. The molecule has 0 spiro atoms. The molecule has 0 unspecified atom stereocenters. The summed E-state index contributed by atoms with van der Waals surface area (Å²) in [4.78, 5) is 5.06. The van der Waals surface area contributed by atoms with Crippen LogP contribution in [-0.4, -0.2) is 8.42 Å². The van der Waals surface area contributed by atoms with E-state index in [0.717, 1.165) is 90.5 Å². The van der Waals surface area contributed by atoms with Crippen LogP contribution in [0.1, 0.15) is 22.3 Å². The lowest BCUT2D eigenvalue weighted by Gasteiger charge is -2.32. The lowest BCUT2D eigenvalue weighted by molar-refractivity contribution is 0.477. The van der Waals surface area contributed by atoms with Gasteiger partial charge in [0.1, 0.15) is 0 Å². The number of benzene rings is 8. The van der Waals surface area contributed by atoms with Gasteiger partial charge in [-0.25, -0.2) is 8.42 Å². The summed E-state index contributed by atoms with van der Waals surface area (Å²) in [5.41, 5.74) is 13.1. The lowest BCUT2D eigenvalue weighted by Crippen LogP contribution is -2.15. The zero-order chi connectivity index (χ0) is 40.4. The molecule has 0 aromatic heterocycles. The Morgan fingerprint density at radius 3 is 1.00 bits per heavy atom. The van der Waals surface area contributed by atoms with Gasteiger partial charge in [-0.2, -0.15) is 0 Å². The Balaban J connectivity index is 0.934. The van der Waals surface area contributed by atoms with E-state index in [-0.39, 0.29) is 0 Å². The average Bonchev–Trinajstić information content (AvgIpc) is 3.26. The Kier molecular flexibility index (Phi) is 8.65. The maximum atomic E-state index is 14.5. The summed E-state index contributed by atoms with van der Waals surface area (Å²) in [6, 6.07) is 56.6. The van der Waals surface area contributed by atoms with E-state index in [1.165, 1.54) is 0 Å². The maximum absolute atomic E-state index is 14.5. The largest absolute Gasteiger partial charge is 0.453 e. The van der Waals surface area contributed by atoms with E-state index >= 15 is 0 Å². The number of aryl methyl sites for hydroxylation is 4. The molecule has 288 valence electrons. The van der Waals surface area contributed by atoms with Crippen LogP contribution in [0.3, 0.4) is 0 Å². The molecule has 0 saturated carbocycles. The molecule has 8 aromatic carbocycles. The van der Waals surface area contributed by atoms with E-state index in [1.807, 2.05) is 125 Å². The maximum Gasteiger partial charge on any atom is 0.207 e. The van der Waals surface area contributed by atoms with E-state index in [1.54, 1.807) is 0 Å². The molecule has 0 fully saturated rings. The summed E-state index contributed by atoms with van der Waals surface area (Å²) >= 11 is 0. The molecular weight excluding hydrogens is 749 g/mol. The van der Waals surface area contributed by atoms with Gasteiger partial charge >= 0.3 is 0 Å². The highest BCUT2D eigenvalue weighted by Crippen LogP contribution is 2.52. The topological polar surface area (TPSA) is 59.1 Å². The van der Waals surface area contributed by atoms with Crippen molar-refractivity contribution in [2.45, 2.75) is 37.5 Å². The molecule has 0 atom stereocenters. The van der Waals surface area contributed by atoms with Crippen molar-refractivity contribution in [2.24, 2.45) is 0 Å². The smallest absolute Gasteiger partial charge is 0.207 e. The minimum Gasteiger partial charge on any atom is -0.453 e. The van der Waals surface area contributed by atoms with Gasteiger partial charge in [0.25, 0.3) is 0 Å². The first-order valence-corrected chi connectivity index (χ1v) is 21.1. The molecule has 59 heavy (non-hydrogen) atoms. The van der Waals surface area contributed by atoms with Crippen molar-refractivity contribution in [2.75, 3.05) is 9.80 Å². The molecule has 2 aliphatic heterocycles. The van der Waals surface area contributed by atoms with Crippen LogP contribution in [0, 0.1) is 27.7 Å². The van der Waals surface area contributed by atoms with Crippen LogP contribution in [0.2, 0.25) is 0 Å². The number of hydrogen-bond donors (Lipinski definition) is 0. The normalized spacial score (nSPS) is 12.7. The first kappa shape index (κ1) is 36.3. The Morgan fingerprint density at radius 1 is 0.373 bits per heavy atom. The van der Waals surface area contributed by atoms with Gasteiger partial charge in [-0.1, -0.05) is 72.8 Å². The van der Waals surface area contributed by atoms with E-state index in [2.05, 4.69) is 82.6 Å². The Bertz CT molecular complexity index is 2770. The molecular formula is C52H40N2O4S. The van der Waals surface area contributed by atoms with Crippen molar-refractivity contribution in [3.63, 3.8) is 0 Å². The predicted octanol–water partition coefficient (Wildman–Crippen LogP) is 14.2. The summed E-state index contributed by atoms with van der Waals surface area (Å²) in [5.74, 6) is 3.20. The quantitative estimate of drug-likeness (QED) is 0.167. The fraction of sp³-hybridized carbons (Fsp3) is 0.0769. The van der Waals surface area contributed by atoms with E-state index in [9.17, 15) is 8.42 Å². The molecule has 8 aromatic rings. The second-order valence-electron chi connectivity index (χ2n) is 15.2. The molecule has 2 heterocycles. The van der Waals surface area contributed by atoms with Crippen LogP contribution in [0.4, 0.5) is 34.1 Å². The molecule has 0 radical (unpaired) electrons. The van der Waals surface area contributed by atoms with E-state index in [0.29, 0.717) is 20.9 Å². The summed E-state index contributed by atoms with van der Waals surface area (Å²) in [5, 5.41) is 0. The van der Waals surface area contributed by atoms with Gasteiger partial charge in [0.15, 0.2) is 23.0 Å². The number of fused-ring (bicyclic) bond motifs is 4. The Hall–Kier alpha value is -7.09. The molecule has 2 aliphatic rings. The molecule has 7 heteroatoms. The number of nitrogens with zero attached hydrogens (tertiary/aromatic N) is 2. The van der Waals surface area contributed by atoms with Crippen molar-refractivity contribution in [1.82, 2.24) is 0 Å². The number of hydrogen-bond acceptors (Lipinski definition) is 6. The van der Waals surface area contributed by atoms with E-state index in [4.69, 9.17) is 9.47 Å². The predicted molar refractivity (Wildman–Crippen MR) is 238 cm³/mol. The number of rotatable bonds is 6. The van der Waals surface area contributed by atoms with Crippen LogP contribution in [0.25, 0.3) is 22.3 Å². The molecule has 10 rings (SSSR count). The minimum atomic E-state index is -3.84. The van der Waals surface area contributed by atoms with Crippen LogP contribution in [0.15, 0.2) is 180 Å². The molecule has 0 saturated heterocycles. The molecule has 0 aliphatic carbocycles. The van der Waals surface area contributed by atoms with Gasteiger partial charge in [0.05, 0.1) is 32.5 Å². The van der Waals surface area contributed by atoms with Crippen molar-refractivity contribution in [1.29, 1.82) is 0 Å². The van der Waals surface area contributed by atoms with Crippen molar-refractivity contribution in [3.8, 4) is 45.3 Å². The molecule has 0 amide bonds. The Morgan fingerprint density at radius 2 is 0.678 bits per heavy atom. The van der Waals surface area contributed by atoms with Gasteiger partial charge in [-0.05, 0) is 169 Å². The zero-order valence-electron chi connectivity index (χ0n) is 33.1.